The van der Waals surface area contributed by atoms with Crippen LogP contribution < -0.4 is 5.32 Å². The molecule has 0 unspecified atom stereocenters. The van der Waals surface area contributed by atoms with Gasteiger partial charge in [0.05, 0.1) is 11.1 Å². The smallest absolute Gasteiger partial charge is 0.348 e. The van der Waals surface area contributed by atoms with Gasteiger partial charge < -0.3 is 5.32 Å². The molecule has 0 aliphatic rings. The Hall–Kier alpha value is -1.09. The van der Waals surface area contributed by atoms with Gasteiger partial charge in [-0.05, 0) is 58.5 Å². The molecule has 0 bridgehead atoms. The molecule has 7 heteroatoms. The van der Waals surface area contributed by atoms with E-state index in [1.807, 2.05) is 28.7 Å². The lowest BCUT2D eigenvalue weighted by atomic mass is 10.1. The molecular weight excluding hydrogens is 474 g/mol. The minimum atomic E-state index is -4.39. The van der Waals surface area contributed by atoms with Gasteiger partial charge in [0.2, 0.25) is 0 Å². The van der Waals surface area contributed by atoms with Gasteiger partial charge >= 0.3 is 6.18 Å². The van der Waals surface area contributed by atoms with Gasteiger partial charge in [0.1, 0.15) is 0 Å². The number of hydrogen-bond donors (Lipinski definition) is 1. The molecule has 0 aliphatic carbocycles. The van der Waals surface area contributed by atoms with Crippen LogP contribution >= 0.6 is 38.5 Å². The fraction of sp³-hybridized carbons (Fsp3) is 0.133. The predicted molar refractivity (Wildman–Crippen MR) is 89.5 cm³/mol. The molecule has 2 aromatic rings. The highest BCUT2D eigenvalue weighted by Gasteiger charge is 2.30. The van der Waals surface area contributed by atoms with E-state index in [1.54, 1.807) is 18.2 Å². The van der Waals surface area contributed by atoms with Gasteiger partial charge in [0.15, 0.2) is 0 Å². The van der Waals surface area contributed by atoms with Gasteiger partial charge in [-0.3, -0.25) is 4.79 Å². The standard InChI is InChI=1S/C15H10BrF3INO/c16-11-4-5-13(20)12(7-11)14(22)21-8-9-2-1-3-10(6-9)15(17,18)19/h1-7H,8H2,(H,21,22). The zero-order valence-electron chi connectivity index (χ0n) is 11.0. The van der Waals surface area contributed by atoms with E-state index in [2.05, 4.69) is 21.2 Å². The van der Waals surface area contributed by atoms with Crippen LogP contribution in [0, 0.1) is 3.57 Å². The van der Waals surface area contributed by atoms with E-state index in [0.717, 1.165) is 20.2 Å². The Morgan fingerprint density at radius 2 is 1.91 bits per heavy atom. The molecule has 22 heavy (non-hydrogen) atoms. The van der Waals surface area contributed by atoms with Crippen molar-refractivity contribution in [3.05, 3.63) is 67.2 Å². The van der Waals surface area contributed by atoms with Crippen LogP contribution in [0.25, 0.3) is 0 Å². The van der Waals surface area contributed by atoms with Crippen molar-refractivity contribution in [1.82, 2.24) is 5.32 Å². The lowest BCUT2D eigenvalue weighted by Gasteiger charge is -2.10. The van der Waals surface area contributed by atoms with Crippen molar-refractivity contribution >= 4 is 44.4 Å². The molecule has 1 N–H and O–H groups in total. The van der Waals surface area contributed by atoms with Crippen LogP contribution in [0.15, 0.2) is 46.9 Å². The van der Waals surface area contributed by atoms with Gasteiger partial charge in [-0.25, -0.2) is 0 Å². The molecule has 1 amide bonds. The van der Waals surface area contributed by atoms with Crippen LogP contribution in [0.5, 0.6) is 0 Å². The van der Waals surface area contributed by atoms with E-state index < -0.39 is 11.7 Å². The van der Waals surface area contributed by atoms with E-state index in [-0.39, 0.29) is 12.5 Å². The number of halogens is 5. The van der Waals surface area contributed by atoms with Gasteiger partial charge in [0.25, 0.3) is 5.91 Å². The van der Waals surface area contributed by atoms with Crippen molar-refractivity contribution in [1.29, 1.82) is 0 Å². The third kappa shape index (κ3) is 4.45. The van der Waals surface area contributed by atoms with Crippen LogP contribution in [0.4, 0.5) is 13.2 Å². The summed E-state index contributed by atoms with van der Waals surface area (Å²) in [5, 5.41) is 2.63. The second-order valence-corrected chi connectivity index (χ2v) is 6.58. The zero-order valence-corrected chi connectivity index (χ0v) is 14.8. The molecule has 0 aliphatic heterocycles. The summed E-state index contributed by atoms with van der Waals surface area (Å²) in [5.74, 6) is -0.330. The molecule has 0 saturated heterocycles. The molecule has 0 fully saturated rings. The third-order valence-electron chi connectivity index (χ3n) is 2.88. The minimum absolute atomic E-state index is 0.0331. The Morgan fingerprint density at radius 1 is 1.18 bits per heavy atom. The summed E-state index contributed by atoms with van der Waals surface area (Å²) < 4.78 is 39.4. The van der Waals surface area contributed by atoms with Crippen LogP contribution in [0.2, 0.25) is 0 Å². The van der Waals surface area contributed by atoms with Crippen LogP contribution in [-0.2, 0) is 12.7 Å². The average Bonchev–Trinajstić information content (AvgIpc) is 2.47. The third-order valence-corrected chi connectivity index (χ3v) is 4.31. The number of hydrogen-bond acceptors (Lipinski definition) is 1. The van der Waals surface area contributed by atoms with E-state index in [4.69, 9.17) is 0 Å². The van der Waals surface area contributed by atoms with E-state index >= 15 is 0 Å². The Bertz CT molecular complexity index is 703. The fourth-order valence-electron chi connectivity index (χ4n) is 1.81. The Balaban J connectivity index is 2.10. The highest BCUT2D eigenvalue weighted by atomic mass is 127. The lowest BCUT2D eigenvalue weighted by molar-refractivity contribution is -0.137. The minimum Gasteiger partial charge on any atom is -0.348 e. The van der Waals surface area contributed by atoms with Crippen LogP contribution in [-0.4, -0.2) is 5.91 Å². The first kappa shape index (κ1) is 17.3. The molecule has 0 saturated carbocycles. The van der Waals surface area contributed by atoms with Crippen molar-refractivity contribution < 1.29 is 18.0 Å². The monoisotopic (exact) mass is 483 g/mol. The molecule has 0 aromatic heterocycles. The van der Waals surface area contributed by atoms with Crippen molar-refractivity contribution in [2.45, 2.75) is 12.7 Å². The van der Waals surface area contributed by atoms with Crippen LogP contribution in [0.1, 0.15) is 21.5 Å². The maximum absolute atomic E-state index is 12.6. The number of amides is 1. The molecule has 0 spiro atoms. The number of carbonyl (C=O) groups is 1. The molecular formula is C15H10BrF3INO. The van der Waals surface area contributed by atoms with Crippen LogP contribution in [0.3, 0.4) is 0 Å². The first-order chi connectivity index (χ1) is 10.3. The lowest BCUT2D eigenvalue weighted by Crippen LogP contribution is -2.24. The first-order valence-electron chi connectivity index (χ1n) is 6.17. The largest absolute Gasteiger partial charge is 0.416 e. The summed E-state index contributed by atoms with van der Waals surface area (Å²) >= 11 is 5.32. The van der Waals surface area contributed by atoms with Gasteiger partial charge in [0, 0.05) is 14.6 Å². The molecule has 0 atom stereocenters. The number of rotatable bonds is 3. The number of nitrogens with one attached hydrogen (secondary N) is 1. The summed E-state index contributed by atoms with van der Waals surface area (Å²) in [7, 11) is 0. The molecule has 0 heterocycles. The van der Waals surface area contributed by atoms with E-state index in [1.165, 1.54) is 6.07 Å². The number of benzene rings is 2. The Kier molecular flexibility index (Phi) is 5.49. The highest BCUT2D eigenvalue weighted by molar-refractivity contribution is 14.1. The van der Waals surface area contributed by atoms with Crippen molar-refractivity contribution in [2.24, 2.45) is 0 Å². The second kappa shape index (κ2) is 6.99. The maximum atomic E-state index is 12.6. The van der Waals surface area contributed by atoms with E-state index in [0.29, 0.717) is 11.1 Å². The molecule has 2 aromatic carbocycles. The predicted octanol–water partition coefficient (Wildman–Crippen LogP) is 5.00. The number of carbonyl (C=O) groups excluding carboxylic acids is 1. The highest BCUT2D eigenvalue weighted by Crippen LogP contribution is 2.29. The molecule has 0 radical (unpaired) electrons. The Morgan fingerprint density at radius 3 is 2.59 bits per heavy atom. The summed E-state index contributed by atoms with van der Waals surface area (Å²) in [6.45, 7) is 0.0331. The topological polar surface area (TPSA) is 29.1 Å². The summed E-state index contributed by atoms with van der Waals surface area (Å²) in [4.78, 5) is 12.1. The maximum Gasteiger partial charge on any atom is 0.416 e. The van der Waals surface area contributed by atoms with Gasteiger partial charge in [-0.15, -0.1) is 0 Å². The molecule has 2 nitrogen and oxygen atoms in total. The fourth-order valence-corrected chi connectivity index (χ4v) is 2.75. The van der Waals surface area contributed by atoms with Crippen molar-refractivity contribution in [2.75, 3.05) is 0 Å². The van der Waals surface area contributed by atoms with Gasteiger partial charge in [-0.1, -0.05) is 28.1 Å². The van der Waals surface area contributed by atoms with Crippen molar-refractivity contribution in [3.8, 4) is 0 Å². The summed E-state index contributed by atoms with van der Waals surface area (Å²) in [6, 6.07) is 10.2. The quantitative estimate of drug-likeness (QED) is 0.611. The second-order valence-electron chi connectivity index (χ2n) is 4.50. The summed E-state index contributed by atoms with van der Waals surface area (Å²) in [6.07, 6.45) is -4.39. The molecule has 2 rings (SSSR count). The van der Waals surface area contributed by atoms with E-state index in [9.17, 15) is 18.0 Å². The van der Waals surface area contributed by atoms with Gasteiger partial charge in [-0.2, -0.15) is 13.2 Å². The first-order valence-corrected chi connectivity index (χ1v) is 8.04. The summed E-state index contributed by atoms with van der Waals surface area (Å²) in [5.41, 5.74) is 0.145. The number of alkyl halides is 3. The molecule has 116 valence electrons. The zero-order chi connectivity index (χ0) is 16.3. The SMILES string of the molecule is O=C(NCc1cccc(C(F)(F)F)c1)c1cc(Br)ccc1I. The normalized spacial score (nSPS) is 11.3. The Labute approximate surface area is 147 Å². The van der Waals surface area contributed by atoms with Crippen molar-refractivity contribution in [3.63, 3.8) is 0 Å². The average molecular weight is 484 g/mol.